The Labute approximate surface area is 119 Å². The number of hydrogen-bond donors (Lipinski definition) is 1. The molecule has 3 rings (SSSR count). The van der Waals surface area contributed by atoms with E-state index in [0.29, 0.717) is 11.8 Å². The number of piperidine rings is 1. The fourth-order valence-electron chi connectivity index (χ4n) is 2.58. The molecule has 20 heavy (non-hydrogen) atoms. The Bertz CT molecular complexity index is 553. The molecule has 0 amide bonds. The molecule has 0 spiro atoms. The molecule has 106 valence electrons. The zero-order valence-corrected chi connectivity index (χ0v) is 12.1. The molecule has 2 aromatic rings. The Hall–Kier alpha value is -1.68. The second kappa shape index (κ2) is 5.75. The van der Waals surface area contributed by atoms with Gasteiger partial charge < -0.3 is 9.84 Å². The molecular formula is C16H21N3O. The second-order valence-electron chi connectivity index (χ2n) is 5.74. The van der Waals surface area contributed by atoms with Crippen LogP contribution in [0.4, 0.5) is 0 Å². The Morgan fingerprint density at radius 3 is 2.65 bits per heavy atom. The lowest BCUT2D eigenvalue weighted by molar-refractivity contribution is 0.367. The van der Waals surface area contributed by atoms with E-state index in [9.17, 15) is 0 Å². The molecule has 1 N–H and O–H groups in total. The van der Waals surface area contributed by atoms with Crippen LogP contribution in [0.2, 0.25) is 0 Å². The molecule has 0 aliphatic carbocycles. The maximum atomic E-state index is 5.40. The summed E-state index contributed by atoms with van der Waals surface area (Å²) in [5, 5.41) is 7.56. The minimum atomic E-state index is 0.246. The molecule has 0 saturated carbocycles. The topological polar surface area (TPSA) is 51.0 Å². The van der Waals surface area contributed by atoms with E-state index in [0.717, 1.165) is 24.4 Å². The van der Waals surface area contributed by atoms with Crippen LogP contribution in [0.3, 0.4) is 0 Å². The van der Waals surface area contributed by atoms with Crippen molar-refractivity contribution < 1.29 is 4.52 Å². The number of hydrogen-bond acceptors (Lipinski definition) is 4. The SMILES string of the molecule is CC(C)c1ccc(-c2nc(C3CCCCN3)no2)cc1. The molecule has 4 heteroatoms. The summed E-state index contributed by atoms with van der Waals surface area (Å²) >= 11 is 0. The number of nitrogens with zero attached hydrogens (tertiary/aromatic N) is 2. The average molecular weight is 271 g/mol. The maximum absolute atomic E-state index is 5.40. The van der Waals surface area contributed by atoms with E-state index < -0.39 is 0 Å². The predicted octanol–water partition coefficient (Wildman–Crippen LogP) is 3.67. The van der Waals surface area contributed by atoms with Gasteiger partial charge in [0.1, 0.15) is 0 Å². The van der Waals surface area contributed by atoms with Crippen LogP contribution >= 0.6 is 0 Å². The van der Waals surface area contributed by atoms with Crippen molar-refractivity contribution in [1.82, 2.24) is 15.5 Å². The van der Waals surface area contributed by atoms with Crippen molar-refractivity contribution in [2.75, 3.05) is 6.54 Å². The highest BCUT2D eigenvalue weighted by Crippen LogP contribution is 2.25. The normalized spacial score (nSPS) is 19.4. The van der Waals surface area contributed by atoms with Crippen LogP contribution in [0, 0.1) is 0 Å². The van der Waals surface area contributed by atoms with Gasteiger partial charge in [0, 0.05) is 5.56 Å². The molecule has 1 aliphatic heterocycles. The average Bonchev–Trinajstić information content (AvgIpc) is 2.98. The second-order valence-corrected chi connectivity index (χ2v) is 5.74. The third-order valence-corrected chi connectivity index (χ3v) is 3.89. The van der Waals surface area contributed by atoms with Gasteiger partial charge in [-0.15, -0.1) is 0 Å². The highest BCUT2D eigenvalue weighted by Gasteiger charge is 2.20. The van der Waals surface area contributed by atoms with Gasteiger partial charge in [-0.2, -0.15) is 4.98 Å². The van der Waals surface area contributed by atoms with E-state index in [2.05, 4.69) is 53.6 Å². The molecule has 1 fully saturated rings. The summed E-state index contributed by atoms with van der Waals surface area (Å²) in [7, 11) is 0. The van der Waals surface area contributed by atoms with Gasteiger partial charge in [-0.3, -0.25) is 0 Å². The van der Waals surface area contributed by atoms with Gasteiger partial charge in [0.15, 0.2) is 5.82 Å². The minimum absolute atomic E-state index is 0.246. The summed E-state index contributed by atoms with van der Waals surface area (Å²) < 4.78 is 5.40. The van der Waals surface area contributed by atoms with Crippen molar-refractivity contribution in [3.8, 4) is 11.5 Å². The summed E-state index contributed by atoms with van der Waals surface area (Å²) in [6, 6.07) is 8.61. The van der Waals surface area contributed by atoms with Crippen LogP contribution in [0.1, 0.15) is 56.5 Å². The van der Waals surface area contributed by atoms with Gasteiger partial charge >= 0.3 is 0 Å². The fourth-order valence-corrected chi connectivity index (χ4v) is 2.58. The number of aromatic nitrogens is 2. The molecule has 1 aromatic heterocycles. The molecule has 1 saturated heterocycles. The standard InChI is InChI=1S/C16H21N3O/c1-11(2)12-6-8-13(9-7-12)16-18-15(19-20-16)14-5-3-4-10-17-14/h6-9,11,14,17H,3-5,10H2,1-2H3. The first kappa shape index (κ1) is 13.3. The van der Waals surface area contributed by atoms with Gasteiger partial charge in [0.2, 0.25) is 0 Å². The fraction of sp³-hybridized carbons (Fsp3) is 0.500. The molecule has 0 radical (unpaired) electrons. The van der Waals surface area contributed by atoms with Crippen LogP contribution in [-0.2, 0) is 0 Å². The summed E-state index contributed by atoms with van der Waals surface area (Å²) in [4.78, 5) is 4.54. The van der Waals surface area contributed by atoms with Gasteiger partial charge in [-0.1, -0.05) is 37.6 Å². The summed E-state index contributed by atoms with van der Waals surface area (Å²) in [6.45, 7) is 5.42. The quantitative estimate of drug-likeness (QED) is 0.925. The van der Waals surface area contributed by atoms with Crippen LogP contribution < -0.4 is 5.32 Å². The molecular weight excluding hydrogens is 250 g/mol. The van der Waals surface area contributed by atoms with Gasteiger partial charge in [0.05, 0.1) is 6.04 Å². The van der Waals surface area contributed by atoms with E-state index in [1.165, 1.54) is 18.4 Å². The van der Waals surface area contributed by atoms with E-state index in [1.807, 2.05) is 0 Å². The third kappa shape index (κ3) is 2.75. The van der Waals surface area contributed by atoms with Crippen molar-refractivity contribution >= 4 is 0 Å². The Morgan fingerprint density at radius 2 is 2.00 bits per heavy atom. The van der Waals surface area contributed by atoms with Crippen LogP contribution in [0.15, 0.2) is 28.8 Å². The molecule has 4 nitrogen and oxygen atoms in total. The van der Waals surface area contributed by atoms with Gasteiger partial charge in [-0.05, 0) is 43.0 Å². The van der Waals surface area contributed by atoms with Gasteiger partial charge in [-0.25, -0.2) is 0 Å². The van der Waals surface area contributed by atoms with Crippen LogP contribution in [0.5, 0.6) is 0 Å². The summed E-state index contributed by atoms with van der Waals surface area (Å²) in [5.41, 5.74) is 2.31. The largest absolute Gasteiger partial charge is 0.334 e. The first-order valence-electron chi connectivity index (χ1n) is 7.41. The van der Waals surface area contributed by atoms with Crippen LogP contribution in [-0.4, -0.2) is 16.7 Å². The molecule has 1 aliphatic rings. The minimum Gasteiger partial charge on any atom is -0.334 e. The van der Waals surface area contributed by atoms with E-state index in [-0.39, 0.29) is 6.04 Å². The molecule has 0 bridgehead atoms. The molecule has 1 unspecified atom stereocenters. The lowest BCUT2D eigenvalue weighted by atomic mass is 10.0. The molecule has 2 heterocycles. The van der Waals surface area contributed by atoms with Gasteiger partial charge in [0.25, 0.3) is 5.89 Å². The predicted molar refractivity (Wildman–Crippen MR) is 78.4 cm³/mol. The van der Waals surface area contributed by atoms with Crippen LogP contribution in [0.25, 0.3) is 11.5 Å². The zero-order valence-electron chi connectivity index (χ0n) is 12.1. The molecule has 1 atom stereocenters. The lowest BCUT2D eigenvalue weighted by Gasteiger charge is -2.19. The lowest BCUT2D eigenvalue weighted by Crippen LogP contribution is -2.27. The van der Waals surface area contributed by atoms with Crippen molar-refractivity contribution in [2.24, 2.45) is 0 Å². The van der Waals surface area contributed by atoms with E-state index in [1.54, 1.807) is 0 Å². The van der Waals surface area contributed by atoms with E-state index >= 15 is 0 Å². The zero-order chi connectivity index (χ0) is 13.9. The first-order chi connectivity index (χ1) is 9.74. The maximum Gasteiger partial charge on any atom is 0.257 e. The van der Waals surface area contributed by atoms with Crippen molar-refractivity contribution in [2.45, 2.75) is 45.1 Å². The first-order valence-corrected chi connectivity index (χ1v) is 7.41. The van der Waals surface area contributed by atoms with Crippen molar-refractivity contribution in [3.63, 3.8) is 0 Å². The highest BCUT2D eigenvalue weighted by molar-refractivity contribution is 5.53. The Kier molecular flexibility index (Phi) is 3.83. The third-order valence-electron chi connectivity index (χ3n) is 3.89. The van der Waals surface area contributed by atoms with Crippen molar-refractivity contribution in [1.29, 1.82) is 0 Å². The number of rotatable bonds is 3. The summed E-state index contributed by atoms with van der Waals surface area (Å²) in [5.74, 6) is 1.93. The Morgan fingerprint density at radius 1 is 1.20 bits per heavy atom. The molecule has 1 aromatic carbocycles. The summed E-state index contributed by atoms with van der Waals surface area (Å²) in [6.07, 6.45) is 3.55. The monoisotopic (exact) mass is 271 g/mol. The smallest absolute Gasteiger partial charge is 0.257 e. The number of benzene rings is 1. The van der Waals surface area contributed by atoms with Crippen molar-refractivity contribution in [3.05, 3.63) is 35.7 Å². The Balaban J connectivity index is 1.78. The number of nitrogens with one attached hydrogen (secondary N) is 1. The highest BCUT2D eigenvalue weighted by atomic mass is 16.5. The van der Waals surface area contributed by atoms with E-state index in [4.69, 9.17) is 4.52 Å².